The minimum absolute atomic E-state index is 0.140. The molecule has 28 heavy (non-hydrogen) atoms. The topological polar surface area (TPSA) is 67.5 Å². The lowest BCUT2D eigenvalue weighted by atomic mass is 10.1. The lowest BCUT2D eigenvalue weighted by Crippen LogP contribution is -2.46. The number of hydrogen-bond donors (Lipinski definition) is 0. The minimum atomic E-state index is -0.140. The Bertz CT molecular complexity index is 939. The van der Waals surface area contributed by atoms with Crippen molar-refractivity contribution in [2.24, 2.45) is 0 Å². The Kier molecular flexibility index (Phi) is 5.89. The molecular formula is C20H24BrN5O2. The summed E-state index contributed by atoms with van der Waals surface area (Å²) in [6.07, 6.45) is 1.74. The van der Waals surface area contributed by atoms with Gasteiger partial charge in [-0.3, -0.25) is 9.88 Å². The van der Waals surface area contributed by atoms with Crippen molar-refractivity contribution in [3.63, 3.8) is 0 Å². The highest BCUT2D eigenvalue weighted by Gasteiger charge is 2.22. The first kappa shape index (κ1) is 19.3. The van der Waals surface area contributed by atoms with Crippen LogP contribution in [0.5, 0.6) is 0 Å². The minimum Gasteiger partial charge on any atom is -0.371 e. The summed E-state index contributed by atoms with van der Waals surface area (Å²) in [4.78, 5) is 13.8. The molecule has 1 saturated heterocycles. The van der Waals surface area contributed by atoms with E-state index in [9.17, 15) is 0 Å². The number of nitrogens with zero attached hydrogens (tertiary/aromatic N) is 5. The van der Waals surface area contributed by atoms with Gasteiger partial charge in [-0.15, -0.1) is 0 Å². The normalized spacial score (nSPS) is 16.6. The third-order valence-electron chi connectivity index (χ3n) is 5.03. The van der Waals surface area contributed by atoms with Crippen molar-refractivity contribution in [1.82, 2.24) is 20.0 Å². The van der Waals surface area contributed by atoms with Crippen LogP contribution in [0.1, 0.15) is 31.7 Å². The predicted octanol–water partition coefficient (Wildman–Crippen LogP) is 3.80. The molecule has 1 aliphatic rings. The number of anilines is 1. The molecule has 1 aromatic carbocycles. The fraction of sp³-hybridized carbons (Fsp3) is 0.450. The smallest absolute Gasteiger partial charge is 0.240 e. The zero-order valence-corrected chi connectivity index (χ0v) is 17.7. The number of fused-ring (bicyclic) bond motifs is 1. The second-order valence-corrected chi connectivity index (χ2v) is 7.73. The van der Waals surface area contributed by atoms with Crippen molar-refractivity contribution in [2.45, 2.75) is 26.5 Å². The van der Waals surface area contributed by atoms with Gasteiger partial charge in [0.2, 0.25) is 5.89 Å². The molecule has 1 unspecified atom stereocenters. The molecule has 4 rings (SSSR count). The number of hydrogen-bond acceptors (Lipinski definition) is 7. The van der Waals surface area contributed by atoms with E-state index in [4.69, 9.17) is 9.26 Å². The van der Waals surface area contributed by atoms with E-state index in [-0.39, 0.29) is 6.10 Å². The standard InChI is InChI=1S/C20H24BrN5O2/c1-3-27-14(2)20-23-18(28-24-20)13-25-9-11-26(12-10-25)17-7-8-22-19-15(17)5-4-6-16(19)21/h4-8,14H,3,9-13H2,1-2H3. The predicted molar refractivity (Wildman–Crippen MR) is 111 cm³/mol. The van der Waals surface area contributed by atoms with Gasteiger partial charge in [0.05, 0.1) is 12.1 Å². The zero-order chi connectivity index (χ0) is 19.5. The Morgan fingerprint density at radius 2 is 2.04 bits per heavy atom. The highest BCUT2D eigenvalue weighted by Crippen LogP contribution is 2.30. The Hall–Kier alpha value is -2.03. The van der Waals surface area contributed by atoms with Crippen molar-refractivity contribution in [3.05, 3.63) is 46.7 Å². The number of benzene rings is 1. The second kappa shape index (κ2) is 8.55. The fourth-order valence-electron chi connectivity index (χ4n) is 3.56. The van der Waals surface area contributed by atoms with Gasteiger partial charge in [0, 0.05) is 54.5 Å². The number of piperazine rings is 1. The summed E-state index contributed by atoms with van der Waals surface area (Å²) in [6.45, 7) is 8.97. The summed E-state index contributed by atoms with van der Waals surface area (Å²) in [5, 5.41) is 5.22. The van der Waals surface area contributed by atoms with E-state index in [1.807, 2.05) is 26.1 Å². The van der Waals surface area contributed by atoms with Gasteiger partial charge >= 0.3 is 0 Å². The average Bonchev–Trinajstić information content (AvgIpc) is 3.18. The second-order valence-electron chi connectivity index (χ2n) is 6.87. The van der Waals surface area contributed by atoms with Crippen molar-refractivity contribution in [3.8, 4) is 0 Å². The summed E-state index contributed by atoms with van der Waals surface area (Å²) in [6, 6.07) is 8.32. The molecule has 0 bridgehead atoms. The van der Waals surface area contributed by atoms with Gasteiger partial charge in [-0.2, -0.15) is 4.98 Å². The first-order valence-corrected chi connectivity index (χ1v) is 10.4. The molecule has 0 amide bonds. The lowest BCUT2D eigenvalue weighted by molar-refractivity contribution is 0.0683. The molecule has 1 aliphatic heterocycles. The molecule has 0 N–H and O–H groups in total. The van der Waals surface area contributed by atoms with Gasteiger partial charge < -0.3 is 14.2 Å². The van der Waals surface area contributed by atoms with Crippen molar-refractivity contribution in [1.29, 1.82) is 0 Å². The van der Waals surface area contributed by atoms with Crippen LogP contribution in [-0.4, -0.2) is 52.8 Å². The number of aromatic nitrogens is 3. The summed E-state index contributed by atoms with van der Waals surface area (Å²) >= 11 is 3.60. The Labute approximate surface area is 172 Å². The van der Waals surface area contributed by atoms with Crippen molar-refractivity contribution < 1.29 is 9.26 Å². The van der Waals surface area contributed by atoms with Gasteiger partial charge in [0.25, 0.3) is 0 Å². The van der Waals surface area contributed by atoms with E-state index >= 15 is 0 Å². The third kappa shape index (κ3) is 4.04. The molecule has 8 heteroatoms. The largest absolute Gasteiger partial charge is 0.371 e. The molecule has 2 aromatic heterocycles. The van der Waals surface area contributed by atoms with E-state index < -0.39 is 0 Å². The first-order valence-electron chi connectivity index (χ1n) is 9.60. The molecule has 1 fully saturated rings. The number of para-hydroxylation sites is 1. The average molecular weight is 446 g/mol. The zero-order valence-electron chi connectivity index (χ0n) is 16.1. The summed E-state index contributed by atoms with van der Waals surface area (Å²) in [7, 11) is 0. The van der Waals surface area contributed by atoms with Crippen LogP contribution in [0.2, 0.25) is 0 Å². The van der Waals surface area contributed by atoms with Crippen LogP contribution >= 0.6 is 15.9 Å². The third-order valence-corrected chi connectivity index (χ3v) is 5.67. The molecule has 0 aliphatic carbocycles. The molecule has 1 atom stereocenters. The summed E-state index contributed by atoms with van der Waals surface area (Å²) in [5.74, 6) is 1.26. The maximum Gasteiger partial charge on any atom is 0.240 e. The fourth-order valence-corrected chi connectivity index (χ4v) is 4.03. The van der Waals surface area contributed by atoms with Gasteiger partial charge in [-0.25, -0.2) is 0 Å². The monoisotopic (exact) mass is 445 g/mol. The molecule has 3 aromatic rings. The van der Waals surface area contributed by atoms with Crippen LogP contribution in [-0.2, 0) is 11.3 Å². The van der Waals surface area contributed by atoms with E-state index in [0.717, 1.165) is 36.2 Å². The highest BCUT2D eigenvalue weighted by atomic mass is 79.9. The van der Waals surface area contributed by atoms with E-state index in [1.54, 1.807) is 0 Å². The van der Waals surface area contributed by atoms with Gasteiger partial charge in [-0.05, 0) is 41.9 Å². The number of rotatable bonds is 6. The van der Waals surface area contributed by atoms with Crippen molar-refractivity contribution >= 4 is 32.5 Å². The SMILES string of the molecule is CCOC(C)c1noc(CN2CCN(c3ccnc4c(Br)cccc34)CC2)n1. The van der Waals surface area contributed by atoms with E-state index in [1.165, 1.54) is 11.1 Å². The van der Waals surface area contributed by atoms with Crippen LogP contribution in [0.3, 0.4) is 0 Å². The summed E-state index contributed by atoms with van der Waals surface area (Å²) in [5.41, 5.74) is 2.24. The number of ether oxygens (including phenoxy) is 1. The molecule has 0 radical (unpaired) electrons. The van der Waals surface area contributed by atoms with Crippen LogP contribution in [0, 0.1) is 0 Å². The Morgan fingerprint density at radius 1 is 1.21 bits per heavy atom. The van der Waals surface area contributed by atoms with Crippen LogP contribution in [0.15, 0.2) is 39.5 Å². The molecule has 0 saturated carbocycles. The molecule has 0 spiro atoms. The van der Waals surface area contributed by atoms with Crippen LogP contribution in [0.4, 0.5) is 5.69 Å². The van der Waals surface area contributed by atoms with Crippen LogP contribution < -0.4 is 4.90 Å². The number of pyridine rings is 1. The summed E-state index contributed by atoms with van der Waals surface area (Å²) < 4.78 is 12.0. The maximum absolute atomic E-state index is 5.52. The molecule has 7 nitrogen and oxygen atoms in total. The Morgan fingerprint density at radius 3 is 2.82 bits per heavy atom. The van der Waals surface area contributed by atoms with Crippen molar-refractivity contribution in [2.75, 3.05) is 37.7 Å². The maximum atomic E-state index is 5.52. The molecular weight excluding hydrogens is 422 g/mol. The highest BCUT2D eigenvalue weighted by molar-refractivity contribution is 9.10. The first-order chi connectivity index (χ1) is 13.7. The lowest BCUT2D eigenvalue weighted by Gasteiger charge is -2.35. The van der Waals surface area contributed by atoms with Gasteiger partial charge in [0.1, 0.15) is 6.10 Å². The van der Waals surface area contributed by atoms with Gasteiger partial charge in [0.15, 0.2) is 5.82 Å². The van der Waals surface area contributed by atoms with E-state index in [0.29, 0.717) is 24.9 Å². The number of halogens is 1. The molecule has 148 valence electrons. The quantitative estimate of drug-likeness (QED) is 0.571. The van der Waals surface area contributed by atoms with E-state index in [2.05, 4.69) is 59.1 Å². The van der Waals surface area contributed by atoms with Gasteiger partial charge in [-0.1, -0.05) is 17.3 Å². The Balaban J connectivity index is 1.40. The van der Waals surface area contributed by atoms with Crippen LogP contribution in [0.25, 0.3) is 10.9 Å². The molecule has 3 heterocycles.